The number of halogens is 1. The lowest BCUT2D eigenvalue weighted by Crippen LogP contribution is -2.43. The van der Waals surface area contributed by atoms with Crippen LogP contribution in [0.5, 0.6) is 0 Å². The van der Waals surface area contributed by atoms with E-state index in [9.17, 15) is 4.79 Å². The minimum absolute atomic E-state index is 0.00477. The summed E-state index contributed by atoms with van der Waals surface area (Å²) in [5, 5.41) is 4.01. The van der Waals surface area contributed by atoms with Crippen molar-refractivity contribution in [2.24, 2.45) is 7.05 Å². The Labute approximate surface area is 124 Å². The van der Waals surface area contributed by atoms with Gasteiger partial charge < -0.3 is 19.5 Å². The molecule has 1 aromatic rings. The van der Waals surface area contributed by atoms with Crippen LogP contribution in [0.3, 0.4) is 0 Å². The maximum atomic E-state index is 12.6. The first-order valence-corrected chi connectivity index (χ1v) is 7.33. The van der Waals surface area contributed by atoms with Gasteiger partial charge in [0.15, 0.2) is 0 Å². The van der Waals surface area contributed by atoms with Crippen molar-refractivity contribution in [3.05, 3.63) is 23.0 Å². The molecule has 6 heteroatoms. The normalized spacial score (nSPS) is 18.4. The van der Waals surface area contributed by atoms with Crippen LogP contribution in [0.4, 0.5) is 0 Å². The Morgan fingerprint density at radius 1 is 1.65 bits per heavy atom. The van der Waals surface area contributed by atoms with E-state index in [1.54, 1.807) is 23.9 Å². The zero-order valence-corrected chi connectivity index (χ0v) is 12.8. The van der Waals surface area contributed by atoms with Gasteiger partial charge in [-0.05, 0) is 25.5 Å². The second-order valence-electron chi connectivity index (χ2n) is 5.19. The molecule has 2 rings (SSSR count). The van der Waals surface area contributed by atoms with Crippen LogP contribution in [-0.2, 0) is 11.8 Å². The molecule has 1 N–H and O–H groups in total. The second kappa shape index (κ2) is 7.11. The number of rotatable bonds is 6. The Bertz CT molecular complexity index is 455. The smallest absolute Gasteiger partial charge is 0.270 e. The van der Waals surface area contributed by atoms with Gasteiger partial charge in [-0.2, -0.15) is 0 Å². The number of hydrogen-bond donors (Lipinski definition) is 1. The minimum atomic E-state index is 0.00477. The zero-order chi connectivity index (χ0) is 14.5. The molecule has 112 valence electrons. The molecule has 1 saturated heterocycles. The Morgan fingerprint density at radius 2 is 2.45 bits per heavy atom. The van der Waals surface area contributed by atoms with Gasteiger partial charge in [-0.3, -0.25) is 4.79 Å². The van der Waals surface area contributed by atoms with E-state index >= 15 is 0 Å². The third-order valence-electron chi connectivity index (χ3n) is 3.65. The van der Waals surface area contributed by atoms with Crippen molar-refractivity contribution in [3.8, 4) is 0 Å². The van der Waals surface area contributed by atoms with Crippen LogP contribution in [-0.4, -0.2) is 54.8 Å². The molecule has 1 aromatic heterocycles. The summed E-state index contributed by atoms with van der Waals surface area (Å²) < 4.78 is 6.88. The van der Waals surface area contributed by atoms with Gasteiger partial charge in [0, 0.05) is 39.5 Å². The fraction of sp³-hybridized carbons (Fsp3) is 0.643. The van der Waals surface area contributed by atoms with Gasteiger partial charge in [-0.1, -0.05) is 11.6 Å². The number of carbonyl (C=O) groups excluding carboxylic acids is 1. The van der Waals surface area contributed by atoms with Crippen LogP contribution in [0.1, 0.15) is 23.3 Å². The number of amides is 1. The van der Waals surface area contributed by atoms with E-state index in [0.29, 0.717) is 36.5 Å². The van der Waals surface area contributed by atoms with Crippen molar-refractivity contribution in [2.75, 3.05) is 33.4 Å². The number of aromatic nitrogens is 1. The first-order valence-electron chi connectivity index (χ1n) is 6.95. The third-order valence-corrected chi connectivity index (χ3v) is 3.85. The highest BCUT2D eigenvalue weighted by atomic mass is 35.5. The third kappa shape index (κ3) is 3.75. The summed E-state index contributed by atoms with van der Waals surface area (Å²) in [4.78, 5) is 14.5. The zero-order valence-electron chi connectivity index (χ0n) is 12.1. The second-order valence-corrected chi connectivity index (χ2v) is 5.63. The molecule has 0 aromatic carbocycles. The summed E-state index contributed by atoms with van der Waals surface area (Å²) >= 11 is 5.96. The number of hydrogen-bond acceptors (Lipinski definition) is 3. The average molecular weight is 300 g/mol. The lowest BCUT2D eigenvalue weighted by Gasteiger charge is -2.25. The molecule has 2 heterocycles. The van der Waals surface area contributed by atoms with Crippen molar-refractivity contribution < 1.29 is 9.53 Å². The quantitative estimate of drug-likeness (QED) is 0.866. The van der Waals surface area contributed by atoms with E-state index < -0.39 is 0 Å². The molecule has 0 bridgehead atoms. The summed E-state index contributed by atoms with van der Waals surface area (Å²) in [7, 11) is 3.48. The van der Waals surface area contributed by atoms with Crippen molar-refractivity contribution in [2.45, 2.75) is 18.9 Å². The van der Waals surface area contributed by atoms with Gasteiger partial charge in [0.25, 0.3) is 5.91 Å². The highest BCUT2D eigenvalue weighted by Crippen LogP contribution is 2.16. The van der Waals surface area contributed by atoms with Gasteiger partial charge in [0.2, 0.25) is 0 Å². The minimum Gasteiger partial charge on any atom is -0.383 e. The predicted molar refractivity (Wildman–Crippen MR) is 79.2 cm³/mol. The van der Waals surface area contributed by atoms with Crippen molar-refractivity contribution >= 4 is 17.5 Å². The molecule has 0 radical (unpaired) electrons. The number of ether oxygens (including phenoxy) is 1. The van der Waals surface area contributed by atoms with E-state index in [1.807, 2.05) is 11.9 Å². The fourth-order valence-electron chi connectivity index (χ4n) is 2.55. The highest BCUT2D eigenvalue weighted by Gasteiger charge is 2.24. The molecule has 1 atom stereocenters. The number of methoxy groups -OCH3 is 1. The lowest BCUT2D eigenvalue weighted by atomic mass is 10.2. The van der Waals surface area contributed by atoms with E-state index in [4.69, 9.17) is 16.3 Å². The Hall–Kier alpha value is -1.04. The van der Waals surface area contributed by atoms with Gasteiger partial charge in [0.05, 0.1) is 11.6 Å². The number of carbonyl (C=O) groups is 1. The molecule has 5 nitrogen and oxygen atoms in total. The number of aryl methyl sites for hydroxylation is 1. The first kappa shape index (κ1) is 15.4. The number of nitrogens with one attached hydrogen (secondary N) is 1. The molecule has 1 aliphatic heterocycles. The maximum absolute atomic E-state index is 12.6. The van der Waals surface area contributed by atoms with Crippen molar-refractivity contribution in [1.82, 2.24) is 14.8 Å². The van der Waals surface area contributed by atoms with Crippen LogP contribution in [0.15, 0.2) is 12.3 Å². The standard InChI is InChI=1S/C14H22ClN3O2/c1-17-9-11(15)8-13(17)14(19)18(6-7-20-2)10-12-4-3-5-16-12/h8-9,12,16H,3-7,10H2,1-2H3. The summed E-state index contributed by atoms with van der Waals surface area (Å²) in [6.45, 7) is 2.88. The molecule has 1 amide bonds. The maximum Gasteiger partial charge on any atom is 0.270 e. The van der Waals surface area contributed by atoms with E-state index in [2.05, 4.69) is 5.32 Å². The molecular formula is C14H22ClN3O2. The Morgan fingerprint density at radius 3 is 3.00 bits per heavy atom. The molecule has 0 aliphatic carbocycles. The van der Waals surface area contributed by atoms with Gasteiger partial charge in [-0.15, -0.1) is 0 Å². The summed E-state index contributed by atoms with van der Waals surface area (Å²) in [6.07, 6.45) is 4.04. The van der Waals surface area contributed by atoms with Crippen LogP contribution < -0.4 is 5.32 Å². The number of nitrogens with zero attached hydrogens (tertiary/aromatic N) is 2. The molecule has 1 fully saturated rings. The largest absolute Gasteiger partial charge is 0.383 e. The van der Waals surface area contributed by atoms with Crippen LogP contribution in [0.25, 0.3) is 0 Å². The topological polar surface area (TPSA) is 46.5 Å². The fourth-order valence-corrected chi connectivity index (χ4v) is 2.80. The predicted octanol–water partition coefficient (Wildman–Crippen LogP) is 1.52. The average Bonchev–Trinajstić information content (AvgIpc) is 3.03. The lowest BCUT2D eigenvalue weighted by molar-refractivity contribution is 0.0670. The monoisotopic (exact) mass is 299 g/mol. The van der Waals surface area contributed by atoms with Gasteiger partial charge in [-0.25, -0.2) is 0 Å². The molecule has 20 heavy (non-hydrogen) atoms. The van der Waals surface area contributed by atoms with E-state index in [1.165, 1.54) is 6.42 Å². The summed E-state index contributed by atoms with van der Waals surface area (Å²) in [5.74, 6) is 0.00477. The highest BCUT2D eigenvalue weighted by molar-refractivity contribution is 6.31. The molecule has 1 aliphatic rings. The molecule has 0 spiro atoms. The first-order chi connectivity index (χ1) is 9.61. The van der Waals surface area contributed by atoms with E-state index in [0.717, 1.165) is 13.0 Å². The van der Waals surface area contributed by atoms with Gasteiger partial charge in [0.1, 0.15) is 5.69 Å². The summed E-state index contributed by atoms with van der Waals surface area (Å²) in [6, 6.07) is 2.10. The van der Waals surface area contributed by atoms with Crippen molar-refractivity contribution in [1.29, 1.82) is 0 Å². The Kier molecular flexibility index (Phi) is 5.46. The van der Waals surface area contributed by atoms with E-state index in [-0.39, 0.29) is 5.91 Å². The van der Waals surface area contributed by atoms with Gasteiger partial charge >= 0.3 is 0 Å². The molecular weight excluding hydrogens is 278 g/mol. The molecule has 1 unspecified atom stereocenters. The SMILES string of the molecule is COCCN(CC1CCCN1)C(=O)c1cc(Cl)cn1C. The molecule has 0 saturated carbocycles. The summed E-state index contributed by atoms with van der Waals surface area (Å²) in [5.41, 5.74) is 0.615. The van der Waals surface area contributed by atoms with Crippen molar-refractivity contribution in [3.63, 3.8) is 0 Å². The van der Waals surface area contributed by atoms with Crippen LogP contribution >= 0.6 is 11.6 Å². The van der Waals surface area contributed by atoms with Crippen LogP contribution in [0.2, 0.25) is 5.02 Å². The van der Waals surface area contributed by atoms with Crippen LogP contribution in [0, 0.1) is 0 Å². The Balaban J connectivity index is 2.07.